The van der Waals surface area contributed by atoms with Crippen molar-refractivity contribution in [3.05, 3.63) is 95.9 Å². The van der Waals surface area contributed by atoms with Crippen LogP contribution < -0.4 is 10.6 Å². The van der Waals surface area contributed by atoms with Crippen LogP contribution in [0.5, 0.6) is 0 Å². The van der Waals surface area contributed by atoms with Crippen LogP contribution in [0.25, 0.3) is 11.4 Å². The zero-order chi connectivity index (χ0) is 24.0. The Bertz CT molecular complexity index is 1190. The molecule has 2 aliphatic rings. The second kappa shape index (κ2) is 10.8. The van der Waals surface area contributed by atoms with Crippen molar-refractivity contribution < 1.29 is 9.90 Å². The van der Waals surface area contributed by atoms with Crippen LogP contribution >= 0.6 is 0 Å². The van der Waals surface area contributed by atoms with Gasteiger partial charge in [-0.2, -0.15) is 5.10 Å². The molecule has 180 valence electrons. The van der Waals surface area contributed by atoms with Gasteiger partial charge in [-0.05, 0) is 37.2 Å². The van der Waals surface area contributed by atoms with Gasteiger partial charge in [-0.1, -0.05) is 78.9 Å². The molecule has 35 heavy (non-hydrogen) atoms. The van der Waals surface area contributed by atoms with E-state index in [0.717, 1.165) is 36.8 Å². The van der Waals surface area contributed by atoms with E-state index in [-0.39, 0.29) is 11.9 Å². The molecule has 1 aliphatic heterocycles. The molecule has 1 amide bonds. The number of allylic oxidation sites excluding steroid dienone is 2. The highest BCUT2D eigenvalue weighted by molar-refractivity contribution is 5.96. The van der Waals surface area contributed by atoms with E-state index in [4.69, 9.17) is 0 Å². The Morgan fingerprint density at radius 1 is 1.09 bits per heavy atom. The molecule has 1 saturated heterocycles. The Balaban J connectivity index is 1.07. The van der Waals surface area contributed by atoms with Crippen molar-refractivity contribution in [1.29, 1.82) is 0 Å². The van der Waals surface area contributed by atoms with Gasteiger partial charge in [0.1, 0.15) is 5.82 Å². The molecule has 3 aromatic rings. The number of hydrogen-bond donors (Lipinski definition) is 4. The number of nitrogens with zero attached hydrogens (tertiary/aromatic N) is 2. The molecular weight excluding hydrogens is 438 g/mol. The second-order valence-electron chi connectivity index (χ2n) is 9.31. The van der Waals surface area contributed by atoms with Crippen LogP contribution in [0.4, 0.5) is 0 Å². The van der Waals surface area contributed by atoms with Crippen LogP contribution in [0.3, 0.4) is 0 Å². The number of hydrogen-bond acceptors (Lipinski definition) is 5. The lowest BCUT2D eigenvalue weighted by atomic mass is 9.90. The standard InChI is InChI=1S/C28H31N5O2/c34-26(20-7-3-1-4-8-20)24-16-15-23(30-24)17-19-11-13-22(14-12-19)28(35)29-18-25-31-27(33-32-25)21-9-5-2-6-10-21/h1-11,13-14,19,23-24,26,30,34H,12,15-18H2,(H,29,35)(H,31,32,33)/t19?,23-,24?,26?/m0/s1. The Labute approximate surface area is 205 Å². The molecule has 0 saturated carbocycles. The number of aromatic nitrogens is 3. The molecule has 4 N–H and O–H groups in total. The van der Waals surface area contributed by atoms with Crippen LogP contribution in [0.1, 0.15) is 43.2 Å². The predicted octanol–water partition coefficient (Wildman–Crippen LogP) is 3.83. The highest BCUT2D eigenvalue weighted by Gasteiger charge is 2.31. The van der Waals surface area contributed by atoms with Gasteiger partial charge in [-0.3, -0.25) is 9.89 Å². The summed E-state index contributed by atoms with van der Waals surface area (Å²) in [6.45, 7) is 0.296. The lowest BCUT2D eigenvalue weighted by Gasteiger charge is -2.23. The van der Waals surface area contributed by atoms with Crippen molar-refractivity contribution in [3.8, 4) is 11.4 Å². The quantitative estimate of drug-likeness (QED) is 0.402. The fourth-order valence-corrected chi connectivity index (χ4v) is 4.90. The molecular formula is C28H31N5O2. The third-order valence-corrected chi connectivity index (χ3v) is 6.82. The molecule has 2 aromatic carbocycles. The number of nitrogens with one attached hydrogen (secondary N) is 3. The van der Waals surface area contributed by atoms with Crippen molar-refractivity contribution in [2.24, 2.45) is 5.92 Å². The number of carbonyl (C=O) groups is 1. The lowest BCUT2D eigenvalue weighted by molar-refractivity contribution is -0.117. The van der Waals surface area contributed by atoms with Gasteiger partial charge < -0.3 is 15.7 Å². The molecule has 1 fully saturated rings. The number of aliphatic hydroxyl groups is 1. The predicted molar refractivity (Wildman–Crippen MR) is 135 cm³/mol. The Hall–Kier alpha value is -3.55. The van der Waals surface area contributed by atoms with Crippen LogP contribution in [0, 0.1) is 5.92 Å². The SMILES string of the molecule is O=C(NCc1nc(-c2ccccc2)n[nH]1)C1=CCC(C[C@@H]2CCC(C(O)c3ccccc3)N2)C=C1. The first kappa shape index (κ1) is 23.2. The number of amides is 1. The summed E-state index contributed by atoms with van der Waals surface area (Å²) >= 11 is 0. The maximum absolute atomic E-state index is 12.6. The van der Waals surface area contributed by atoms with Gasteiger partial charge in [0.2, 0.25) is 0 Å². The Morgan fingerprint density at radius 2 is 1.86 bits per heavy atom. The van der Waals surface area contributed by atoms with Gasteiger partial charge in [-0.15, -0.1) is 0 Å². The maximum Gasteiger partial charge on any atom is 0.251 e. The van der Waals surface area contributed by atoms with Crippen LogP contribution in [0.2, 0.25) is 0 Å². The number of aromatic amines is 1. The minimum atomic E-state index is -0.480. The second-order valence-corrected chi connectivity index (χ2v) is 9.31. The van der Waals surface area contributed by atoms with Crippen LogP contribution in [0.15, 0.2) is 84.5 Å². The summed E-state index contributed by atoms with van der Waals surface area (Å²) in [5.74, 6) is 1.52. The minimum absolute atomic E-state index is 0.0883. The van der Waals surface area contributed by atoms with E-state index in [0.29, 0.717) is 35.7 Å². The molecule has 0 spiro atoms. The number of aliphatic hydroxyl groups excluding tert-OH is 1. The first-order chi connectivity index (χ1) is 17.2. The molecule has 2 heterocycles. The number of rotatable bonds is 8. The van der Waals surface area contributed by atoms with E-state index in [1.165, 1.54) is 0 Å². The molecule has 5 rings (SSSR count). The summed E-state index contributed by atoms with van der Waals surface area (Å²) in [6, 6.07) is 20.0. The average Bonchev–Trinajstić information content (AvgIpc) is 3.58. The minimum Gasteiger partial charge on any atom is -0.387 e. The fourth-order valence-electron chi connectivity index (χ4n) is 4.90. The highest BCUT2D eigenvalue weighted by Crippen LogP contribution is 2.30. The fraction of sp³-hybridized carbons (Fsp3) is 0.321. The first-order valence-corrected chi connectivity index (χ1v) is 12.3. The van der Waals surface area contributed by atoms with Gasteiger partial charge in [0.15, 0.2) is 5.82 Å². The van der Waals surface area contributed by atoms with E-state index >= 15 is 0 Å². The van der Waals surface area contributed by atoms with Crippen LogP contribution in [-0.4, -0.2) is 38.3 Å². The summed E-state index contributed by atoms with van der Waals surface area (Å²) < 4.78 is 0. The number of carbonyl (C=O) groups excluding carboxylic acids is 1. The topological polar surface area (TPSA) is 103 Å². The average molecular weight is 470 g/mol. The largest absolute Gasteiger partial charge is 0.387 e. The van der Waals surface area contributed by atoms with Gasteiger partial charge >= 0.3 is 0 Å². The van der Waals surface area contributed by atoms with Crippen molar-refractivity contribution in [3.63, 3.8) is 0 Å². The zero-order valence-corrected chi connectivity index (χ0v) is 19.6. The van der Waals surface area contributed by atoms with Gasteiger partial charge in [0.25, 0.3) is 5.91 Å². The zero-order valence-electron chi connectivity index (χ0n) is 19.6. The normalized spacial score (nSPS) is 22.5. The van der Waals surface area contributed by atoms with Crippen molar-refractivity contribution >= 4 is 5.91 Å². The van der Waals surface area contributed by atoms with Gasteiger partial charge in [0.05, 0.1) is 12.6 Å². The molecule has 1 aliphatic carbocycles. The number of benzene rings is 2. The lowest BCUT2D eigenvalue weighted by Crippen LogP contribution is -2.35. The van der Waals surface area contributed by atoms with E-state index in [1.54, 1.807) is 0 Å². The molecule has 0 bridgehead atoms. The van der Waals surface area contributed by atoms with Crippen molar-refractivity contribution in [2.45, 2.75) is 50.4 Å². The van der Waals surface area contributed by atoms with Gasteiger partial charge in [0, 0.05) is 23.2 Å². The smallest absolute Gasteiger partial charge is 0.251 e. The van der Waals surface area contributed by atoms with E-state index < -0.39 is 6.10 Å². The third-order valence-electron chi connectivity index (χ3n) is 6.82. The summed E-state index contributed by atoms with van der Waals surface area (Å²) in [5, 5.41) is 24.4. The molecule has 4 atom stereocenters. The van der Waals surface area contributed by atoms with Crippen molar-refractivity contribution in [2.75, 3.05) is 0 Å². The van der Waals surface area contributed by atoms with Crippen molar-refractivity contribution in [1.82, 2.24) is 25.8 Å². The summed E-state index contributed by atoms with van der Waals surface area (Å²) in [5.41, 5.74) is 2.58. The van der Waals surface area contributed by atoms with E-state index in [2.05, 4.69) is 31.9 Å². The van der Waals surface area contributed by atoms with Crippen LogP contribution in [-0.2, 0) is 11.3 Å². The van der Waals surface area contributed by atoms with E-state index in [9.17, 15) is 9.90 Å². The van der Waals surface area contributed by atoms with Gasteiger partial charge in [-0.25, -0.2) is 4.98 Å². The highest BCUT2D eigenvalue weighted by atomic mass is 16.3. The molecule has 3 unspecified atom stereocenters. The summed E-state index contributed by atoms with van der Waals surface area (Å²) in [6.07, 6.45) is 9.45. The molecule has 0 radical (unpaired) electrons. The monoisotopic (exact) mass is 469 g/mol. The molecule has 7 heteroatoms. The summed E-state index contributed by atoms with van der Waals surface area (Å²) in [4.78, 5) is 17.1. The third kappa shape index (κ3) is 5.75. The molecule has 1 aromatic heterocycles. The summed E-state index contributed by atoms with van der Waals surface area (Å²) in [7, 11) is 0. The number of H-pyrrole nitrogens is 1. The Kier molecular flexibility index (Phi) is 7.16. The maximum atomic E-state index is 12.6. The first-order valence-electron chi connectivity index (χ1n) is 12.3. The Morgan fingerprint density at radius 3 is 2.60 bits per heavy atom. The molecule has 7 nitrogen and oxygen atoms in total. The van der Waals surface area contributed by atoms with E-state index in [1.807, 2.05) is 72.8 Å².